The molecule has 1 unspecified atom stereocenters. The van der Waals surface area contributed by atoms with Crippen LogP contribution in [0.15, 0.2) is 46.9 Å². The molecule has 1 aliphatic rings. The van der Waals surface area contributed by atoms with Crippen LogP contribution in [0.1, 0.15) is 27.4 Å². The van der Waals surface area contributed by atoms with E-state index in [2.05, 4.69) is 39.4 Å². The number of halogens is 1. The maximum Gasteiger partial charge on any atom is 0.253 e. The summed E-state index contributed by atoms with van der Waals surface area (Å²) in [5, 5.41) is 2.97. The van der Waals surface area contributed by atoms with Crippen molar-refractivity contribution in [3.05, 3.63) is 63.6 Å². The molecule has 3 N–H and O–H groups in total. The summed E-state index contributed by atoms with van der Waals surface area (Å²) in [5.74, 6) is 0.311. The molecule has 0 fully saturated rings. The molecule has 3 nitrogen and oxygen atoms in total. The third-order valence-electron chi connectivity index (χ3n) is 3.73. The van der Waals surface area contributed by atoms with Crippen LogP contribution in [0.4, 0.5) is 5.69 Å². The highest BCUT2D eigenvalue weighted by molar-refractivity contribution is 9.10. The molecule has 2 aromatic carbocycles. The predicted octanol–water partition coefficient (Wildman–Crippen LogP) is 3.10. The van der Waals surface area contributed by atoms with Gasteiger partial charge in [0, 0.05) is 22.6 Å². The SMILES string of the molecule is Nc1cc(Br)ccc1C(=O)NCC1Cc2ccccc21. The van der Waals surface area contributed by atoms with Crippen molar-refractivity contribution in [2.75, 3.05) is 12.3 Å². The Hall–Kier alpha value is -1.81. The minimum atomic E-state index is -0.112. The Kier molecular flexibility index (Phi) is 3.49. The summed E-state index contributed by atoms with van der Waals surface area (Å²) in [5.41, 5.74) is 9.61. The number of hydrogen-bond donors (Lipinski definition) is 2. The van der Waals surface area contributed by atoms with Crippen LogP contribution in [0.5, 0.6) is 0 Å². The lowest BCUT2D eigenvalue weighted by molar-refractivity contribution is 0.0951. The Morgan fingerprint density at radius 1 is 1.30 bits per heavy atom. The van der Waals surface area contributed by atoms with Gasteiger partial charge in [-0.15, -0.1) is 0 Å². The van der Waals surface area contributed by atoms with Gasteiger partial charge in [-0.1, -0.05) is 40.2 Å². The van der Waals surface area contributed by atoms with E-state index in [4.69, 9.17) is 5.73 Å². The molecule has 2 aromatic rings. The normalized spacial score (nSPS) is 16.1. The highest BCUT2D eigenvalue weighted by Gasteiger charge is 2.25. The fourth-order valence-corrected chi connectivity index (χ4v) is 2.98. The van der Waals surface area contributed by atoms with Gasteiger partial charge in [0.2, 0.25) is 0 Å². The number of nitrogens with one attached hydrogen (secondary N) is 1. The van der Waals surface area contributed by atoms with Gasteiger partial charge in [0.1, 0.15) is 0 Å². The Bertz CT molecular complexity index is 669. The van der Waals surface area contributed by atoms with Crippen molar-refractivity contribution in [1.29, 1.82) is 0 Å². The minimum Gasteiger partial charge on any atom is -0.398 e. The Morgan fingerprint density at radius 2 is 2.10 bits per heavy atom. The van der Waals surface area contributed by atoms with E-state index in [1.54, 1.807) is 12.1 Å². The molecule has 20 heavy (non-hydrogen) atoms. The quantitative estimate of drug-likeness (QED) is 0.849. The van der Waals surface area contributed by atoms with E-state index in [-0.39, 0.29) is 5.91 Å². The third kappa shape index (κ3) is 2.43. The number of amides is 1. The lowest BCUT2D eigenvalue weighted by atomic mass is 9.77. The van der Waals surface area contributed by atoms with E-state index in [1.807, 2.05) is 12.1 Å². The van der Waals surface area contributed by atoms with Crippen LogP contribution in [0.2, 0.25) is 0 Å². The topological polar surface area (TPSA) is 55.1 Å². The number of nitrogen functional groups attached to an aromatic ring is 1. The number of carbonyl (C=O) groups is 1. The standard InChI is InChI=1S/C16H15BrN2O/c17-12-5-6-14(15(18)8-12)16(20)19-9-11-7-10-3-1-2-4-13(10)11/h1-6,8,11H,7,9,18H2,(H,19,20). The lowest BCUT2D eigenvalue weighted by Crippen LogP contribution is -2.33. The number of hydrogen-bond acceptors (Lipinski definition) is 2. The van der Waals surface area contributed by atoms with Gasteiger partial charge in [0.15, 0.2) is 0 Å². The molecule has 0 radical (unpaired) electrons. The van der Waals surface area contributed by atoms with Crippen LogP contribution < -0.4 is 11.1 Å². The van der Waals surface area contributed by atoms with E-state index in [0.29, 0.717) is 23.7 Å². The van der Waals surface area contributed by atoms with Crippen molar-refractivity contribution in [3.8, 4) is 0 Å². The molecule has 1 aliphatic carbocycles. The molecule has 0 aliphatic heterocycles. The zero-order chi connectivity index (χ0) is 14.1. The second-order valence-corrected chi connectivity index (χ2v) is 5.96. The number of fused-ring (bicyclic) bond motifs is 1. The average Bonchev–Trinajstić information content (AvgIpc) is 2.39. The van der Waals surface area contributed by atoms with Gasteiger partial charge in [0.05, 0.1) is 5.56 Å². The number of rotatable bonds is 3. The van der Waals surface area contributed by atoms with Crippen LogP contribution in [0, 0.1) is 0 Å². The van der Waals surface area contributed by atoms with E-state index in [1.165, 1.54) is 11.1 Å². The van der Waals surface area contributed by atoms with Gasteiger partial charge < -0.3 is 11.1 Å². The summed E-state index contributed by atoms with van der Waals surface area (Å²) in [7, 11) is 0. The van der Waals surface area contributed by atoms with E-state index < -0.39 is 0 Å². The predicted molar refractivity (Wildman–Crippen MR) is 83.8 cm³/mol. The summed E-state index contributed by atoms with van der Waals surface area (Å²) in [6.45, 7) is 0.658. The first-order chi connectivity index (χ1) is 9.65. The molecule has 0 saturated carbocycles. The minimum absolute atomic E-state index is 0.112. The van der Waals surface area contributed by atoms with Crippen LogP contribution in [0.25, 0.3) is 0 Å². The lowest BCUT2D eigenvalue weighted by Gasteiger charge is -2.30. The smallest absolute Gasteiger partial charge is 0.253 e. The molecule has 0 bridgehead atoms. The molecule has 1 amide bonds. The van der Waals surface area contributed by atoms with Crippen molar-refractivity contribution in [2.24, 2.45) is 0 Å². The second kappa shape index (κ2) is 5.29. The summed E-state index contributed by atoms with van der Waals surface area (Å²) < 4.78 is 0.875. The van der Waals surface area contributed by atoms with E-state index in [0.717, 1.165) is 10.9 Å². The highest BCUT2D eigenvalue weighted by atomic mass is 79.9. The summed E-state index contributed by atoms with van der Waals surface area (Å²) in [4.78, 5) is 12.1. The first kappa shape index (κ1) is 13.2. The van der Waals surface area contributed by atoms with Gasteiger partial charge in [-0.2, -0.15) is 0 Å². The number of benzene rings is 2. The molecule has 102 valence electrons. The van der Waals surface area contributed by atoms with Crippen LogP contribution in [-0.4, -0.2) is 12.5 Å². The summed E-state index contributed by atoms with van der Waals surface area (Å²) in [6.07, 6.45) is 1.03. The monoisotopic (exact) mass is 330 g/mol. The zero-order valence-electron chi connectivity index (χ0n) is 10.9. The van der Waals surface area contributed by atoms with E-state index >= 15 is 0 Å². The number of carbonyl (C=O) groups excluding carboxylic acids is 1. The molecule has 1 atom stereocenters. The molecular weight excluding hydrogens is 316 g/mol. The maximum atomic E-state index is 12.1. The largest absolute Gasteiger partial charge is 0.398 e. The van der Waals surface area contributed by atoms with Crippen LogP contribution >= 0.6 is 15.9 Å². The van der Waals surface area contributed by atoms with E-state index in [9.17, 15) is 4.79 Å². The maximum absolute atomic E-state index is 12.1. The summed E-state index contributed by atoms with van der Waals surface area (Å²) in [6, 6.07) is 13.7. The molecule has 4 heteroatoms. The molecule has 0 aromatic heterocycles. The van der Waals surface area contributed by atoms with Crippen molar-refractivity contribution in [1.82, 2.24) is 5.32 Å². The van der Waals surface area contributed by atoms with Crippen LogP contribution in [0.3, 0.4) is 0 Å². The van der Waals surface area contributed by atoms with Gasteiger partial charge in [0.25, 0.3) is 5.91 Å². The molecule has 0 heterocycles. The molecule has 0 saturated heterocycles. The fourth-order valence-electron chi connectivity index (χ4n) is 2.60. The number of nitrogens with two attached hydrogens (primary N) is 1. The van der Waals surface area contributed by atoms with Crippen molar-refractivity contribution >= 4 is 27.5 Å². The van der Waals surface area contributed by atoms with Gasteiger partial charge in [-0.3, -0.25) is 4.79 Å². The zero-order valence-corrected chi connectivity index (χ0v) is 12.5. The van der Waals surface area contributed by atoms with Crippen molar-refractivity contribution < 1.29 is 4.79 Å². The first-order valence-corrected chi connectivity index (χ1v) is 7.35. The molecular formula is C16H15BrN2O. The highest BCUT2D eigenvalue weighted by Crippen LogP contribution is 2.34. The Balaban J connectivity index is 1.64. The summed E-state index contributed by atoms with van der Waals surface area (Å²) >= 11 is 3.33. The molecule has 0 spiro atoms. The fraction of sp³-hybridized carbons (Fsp3) is 0.188. The van der Waals surface area contributed by atoms with Gasteiger partial charge >= 0.3 is 0 Å². The Labute approximate surface area is 126 Å². The first-order valence-electron chi connectivity index (χ1n) is 6.56. The third-order valence-corrected chi connectivity index (χ3v) is 4.22. The second-order valence-electron chi connectivity index (χ2n) is 5.04. The molecule has 3 rings (SSSR count). The average molecular weight is 331 g/mol. The van der Waals surface area contributed by atoms with Gasteiger partial charge in [-0.25, -0.2) is 0 Å². The van der Waals surface area contributed by atoms with Crippen LogP contribution in [-0.2, 0) is 6.42 Å². The Morgan fingerprint density at radius 3 is 2.85 bits per heavy atom. The number of anilines is 1. The van der Waals surface area contributed by atoms with Crippen molar-refractivity contribution in [2.45, 2.75) is 12.3 Å². The van der Waals surface area contributed by atoms with Crippen molar-refractivity contribution in [3.63, 3.8) is 0 Å². The van der Waals surface area contributed by atoms with Gasteiger partial charge in [-0.05, 0) is 35.7 Å².